The summed E-state index contributed by atoms with van der Waals surface area (Å²) in [6, 6.07) is 11.0. The Hall–Kier alpha value is -2.64. The lowest BCUT2D eigenvalue weighted by Crippen LogP contribution is -2.53. The van der Waals surface area contributed by atoms with Crippen LogP contribution < -0.4 is 15.7 Å². The summed E-state index contributed by atoms with van der Waals surface area (Å²) in [6.45, 7) is 7.17. The van der Waals surface area contributed by atoms with Gasteiger partial charge < -0.3 is 10.2 Å². The van der Waals surface area contributed by atoms with Gasteiger partial charge >= 0.3 is 0 Å². The van der Waals surface area contributed by atoms with Gasteiger partial charge in [-0.25, -0.2) is 4.98 Å². The fourth-order valence-electron chi connectivity index (χ4n) is 3.16. The van der Waals surface area contributed by atoms with E-state index in [0.29, 0.717) is 5.69 Å². The van der Waals surface area contributed by atoms with Crippen LogP contribution in [0.25, 0.3) is 0 Å². The van der Waals surface area contributed by atoms with Crippen LogP contribution in [-0.2, 0) is 4.79 Å². The third kappa shape index (κ3) is 4.12. The highest BCUT2D eigenvalue weighted by atomic mass is 16.5. The second-order valence-corrected chi connectivity index (χ2v) is 6.52. The summed E-state index contributed by atoms with van der Waals surface area (Å²) in [5.74, 6) is 0.960. The fraction of sp³-hybridized carbons (Fsp3) is 0.368. The van der Waals surface area contributed by atoms with Gasteiger partial charge in [-0.1, -0.05) is 6.07 Å². The first kappa shape index (κ1) is 18.2. The molecule has 2 aromatic rings. The molecule has 0 bridgehead atoms. The van der Waals surface area contributed by atoms with Gasteiger partial charge in [0, 0.05) is 38.1 Å². The van der Waals surface area contributed by atoms with Crippen LogP contribution in [0.4, 0.5) is 17.2 Å². The molecule has 26 heavy (non-hydrogen) atoms. The molecule has 1 aromatic heterocycles. The summed E-state index contributed by atoms with van der Waals surface area (Å²) in [5.41, 5.74) is 4.36. The third-order valence-corrected chi connectivity index (χ3v) is 4.83. The zero-order valence-electron chi connectivity index (χ0n) is 15.1. The van der Waals surface area contributed by atoms with Gasteiger partial charge in [0.2, 0.25) is 5.91 Å². The Balaban J connectivity index is 1.56. The molecule has 7 heteroatoms. The number of rotatable bonds is 5. The van der Waals surface area contributed by atoms with E-state index in [9.17, 15) is 4.79 Å². The van der Waals surface area contributed by atoms with Crippen LogP contribution in [0.15, 0.2) is 42.6 Å². The summed E-state index contributed by atoms with van der Waals surface area (Å²) in [5, 5.41) is 11.9. The first-order valence-electron chi connectivity index (χ1n) is 8.80. The molecule has 7 nitrogen and oxygen atoms in total. The summed E-state index contributed by atoms with van der Waals surface area (Å²) >= 11 is 0. The number of benzene rings is 1. The number of aromatic nitrogens is 1. The maximum absolute atomic E-state index is 12.6. The van der Waals surface area contributed by atoms with E-state index in [1.54, 1.807) is 24.4 Å². The molecule has 3 N–H and O–H groups in total. The van der Waals surface area contributed by atoms with E-state index in [-0.39, 0.29) is 11.9 Å². The number of piperazine rings is 1. The number of carbonyl (C=O) groups is 1. The normalized spacial score (nSPS) is 16.2. The number of nitrogens with one attached hydrogen (secondary N) is 2. The largest absolute Gasteiger partial charge is 0.354 e. The SMILES string of the molecule is Cc1cc(NO)ccc1NC(=O)C(C)N1CCN(c2ccccn2)CC1. The Kier molecular flexibility index (Phi) is 5.70. The van der Waals surface area contributed by atoms with Crippen molar-refractivity contribution in [3.8, 4) is 0 Å². The second kappa shape index (κ2) is 8.16. The van der Waals surface area contributed by atoms with Crippen molar-refractivity contribution in [2.45, 2.75) is 19.9 Å². The Bertz CT molecular complexity index is 745. The molecule has 0 aliphatic carbocycles. The fourth-order valence-corrected chi connectivity index (χ4v) is 3.16. The molecule has 1 atom stereocenters. The van der Waals surface area contributed by atoms with E-state index >= 15 is 0 Å². The van der Waals surface area contributed by atoms with Crippen molar-refractivity contribution in [2.24, 2.45) is 0 Å². The van der Waals surface area contributed by atoms with E-state index in [0.717, 1.165) is 43.2 Å². The maximum Gasteiger partial charge on any atom is 0.241 e. The molecule has 1 aromatic carbocycles. The van der Waals surface area contributed by atoms with E-state index in [1.165, 1.54) is 0 Å². The van der Waals surface area contributed by atoms with Gasteiger partial charge in [-0.3, -0.25) is 20.4 Å². The Morgan fingerprint density at radius 3 is 2.58 bits per heavy atom. The lowest BCUT2D eigenvalue weighted by atomic mass is 10.1. The molecular weight excluding hydrogens is 330 g/mol. The summed E-state index contributed by atoms with van der Waals surface area (Å²) < 4.78 is 0. The average molecular weight is 355 g/mol. The number of amides is 1. The zero-order valence-corrected chi connectivity index (χ0v) is 15.1. The monoisotopic (exact) mass is 355 g/mol. The molecule has 1 saturated heterocycles. The van der Waals surface area contributed by atoms with Crippen molar-refractivity contribution in [1.82, 2.24) is 9.88 Å². The van der Waals surface area contributed by atoms with Crippen molar-refractivity contribution in [2.75, 3.05) is 41.9 Å². The molecule has 2 heterocycles. The standard InChI is InChI=1S/C19H25N5O2/c1-14-13-16(22-26)6-7-17(14)21-19(25)15(2)23-9-11-24(12-10-23)18-5-3-4-8-20-18/h3-8,13,15,22,26H,9-12H2,1-2H3,(H,21,25). The minimum atomic E-state index is -0.212. The topological polar surface area (TPSA) is 80.7 Å². The summed E-state index contributed by atoms with van der Waals surface area (Å²) in [4.78, 5) is 21.4. The number of hydrogen-bond donors (Lipinski definition) is 3. The number of pyridine rings is 1. The number of anilines is 3. The highest BCUT2D eigenvalue weighted by molar-refractivity contribution is 5.95. The van der Waals surface area contributed by atoms with Crippen molar-refractivity contribution in [3.63, 3.8) is 0 Å². The smallest absolute Gasteiger partial charge is 0.241 e. The van der Waals surface area contributed by atoms with Crippen molar-refractivity contribution in [3.05, 3.63) is 48.2 Å². The molecule has 0 saturated carbocycles. The quantitative estimate of drug-likeness (QED) is 0.715. The van der Waals surface area contributed by atoms with Gasteiger partial charge in [-0.05, 0) is 49.7 Å². The molecule has 0 spiro atoms. The maximum atomic E-state index is 12.6. The van der Waals surface area contributed by atoms with Crippen LogP contribution in [0.5, 0.6) is 0 Å². The predicted molar refractivity (Wildman–Crippen MR) is 103 cm³/mol. The van der Waals surface area contributed by atoms with Crippen LogP contribution in [-0.4, -0.2) is 53.2 Å². The number of aryl methyl sites for hydroxylation is 1. The Morgan fingerprint density at radius 1 is 1.19 bits per heavy atom. The lowest BCUT2D eigenvalue weighted by Gasteiger charge is -2.38. The molecular formula is C19H25N5O2. The van der Waals surface area contributed by atoms with E-state index in [2.05, 4.69) is 25.6 Å². The zero-order chi connectivity index (χ0) is 18.5. The Labute approximate surface area is 153 Å². The van der Waals surface area contributed by atoms with Gasteiger partial charge in [0.1, 0.15) is 5.82 Å². The first-order valence-corrected chi connectivity index (χ1v) is 8.80. The molecule has 1 unspecified atom stereocenters. The van der Waals surface area contributed by atoms with Crippen molar-refractivity contribution >= 4 is 23.1 Å². The van der Waals surface area contributed by atoms with Crippen LogP contribution in [0, 0.1) is 6.92 Å². The minimum absolute atomic E-state index is 0.0240. The minimum Gasteiger partial charge on any atom is -0.354 e. The molecule has 138 valence electrons. The molecule has 1 aliphatic rings. The number of carbonyl (C=O) groups excluding carboxylic acids is 1. The van der Waals surface area contributed by atoms with Crippen LogP contribution in [0.3, 0.4) is 0 Å². The highest BCUT2D eigenvalue weighted by Crippen LogP contribution is 2.20. The van der Waals surface area contributed by atoms with E-state index < -0.39 is 0 Å². The third-order valence-electron chi connectivity index (χ3n) is 4.83. The van der Waals surface area contributed by atoms with Gasteiger partial charge in [0.25, 0.3) is 0 Å². The summed E-state index contributed by atoms with van der Waals surface area (Å²) in [7, 11) is 0. The second-order valence-electron chi connectivity index (χ2n) is 6.52. The molecule has 1 fully saturated rings. The first-order chi connectivity index (χ1) is 12.6. The van der Waals surface area contributed by atoms with E-state index in [4.69, 9.17) is 5.21 Å². The Morgan fingerprint density at radius 2 is 1.96 bits per heavy atom. The number of hydrogen-bond acceptors (Lipinski definition) is 6. The molecule has 1 amide bonds. The summed E-state index contributed by atoms with van der Waals surface area (Å²) in [6.07, 6.45) is 1.80. The van der Waals surface area contributed by atoms with Gasteiger partial charge in [0.15, 0.2) is 0 Å². The lowest BCUT2D eigenvalue weighted by molar-refractivity contribution is -0.120. The van der Waals surface area contributed by atoms with Crippen molar-refractivity contribution in [1.29, 1.82) is 0 Å². The van der Waals surface area contributed by atoms with Gasteiger partial charge in [-0.15, -0.1) is 0 Å². The molecule has 0 radical (unpaired) electrons. The van der Waals surface area contributed by atoms with Crippen LogP contribution in [0.1, 0.15) is 12.5 Å². The van der Waals surface area contributed by atoms with Gasteiger partial charge in [-0.2, -0.15) is 0 Å². The molecule has 3 rings (SSSR count). The van der Waals surface area contributed by atoms with Crippen molar-refractivity contribution < 1.29 is 10.0 Å². The average Bonchev–Trinajstić information content (AvgIpc) is 2.69. The highest BCUT2D eigenvalue weighted by Gasteiger charge is 2.26. The van der Waals surface area contributed by atoms with Crippen LogP contribution in [0.2, 0.25) is 0 Å². The van der Waals surface area contributed by atoms with Crippen LogP contribution >= 0.6 is 0 Å². The number of nitrogens with zero attached hydrogens (tertiary/aromatic N) is 3. The predicted octanol–water partition coefficient (Wildman–Crippen LogP) is 2.34. The molecule has 1 aliphatic heterocycles. The van der Waals surface area contributed by atoms with Gasteiger partial charge in [0.05, 0.1) is 11.7 Å². The van der Waals surface area contributed by atoms with E-state index in [1.807, 2.05) is 32.0 Å².